The predicted octanol–water partition coefficient (Wildman–Crippen LogP) is 3.89. The van der Waals surface area contributed by atoms with Gasteiger partial charge >= 0.3 is 0 Å². The molecule has 0 aliphatic carbocycles. The molecule has 5 heteroatoms. The molecule has 1 atom stereocenters. The van der Waals surface area contributed by atoms with Crippen molar-refractivity contribution < 1.29 is 4.79 Å². The van der Waals surface area contributed by atoms with Gasteiger partial charge in [0.2, 0.25) is 0 Å². The lowest BCUT2D eigenvalue weighted by Crippen LogP contribution is -2.38. The van der Waals surface area contributed by atoms with Gasteiger partial charge in [0.15, 0.2) is 0 Å². The van der Waals surface area contributed by atoms with Crippen molar-refractivity contribution in [2.75, 3.05) is 26.2 Å². The van der Waals surface area contributed by atoms with Crippen LogP contribution in [0, 0.1) is 12.8 Å². The van der Waals surface area contributed by atoms with Crippen molar-refractivity contribution >= 4 is 17.2 Å². The number of hydrogen-bond donors (Lipinski definition) is 1. The maximum Gasteiger partial charge on any atom is 0.263 e. The molecular formula is C21H29N3OS. The van der Waals surface area contributed by atoms with E-state index in [2.05, 4.69) is 34.3 Å². The summed E-state index contributed by atoms with van der Waals surface area (Å²) in [6.07, 6.45) is 4.76. The number of nitrogens with zero attached hydrogens (tertiary/aromatic N) is 2. The number of aryl methyl sites for hydroxylation is 1. The largest absolute Gasteiger partial charge is 0.351 e. The number of carbonyl (C=O) groups excluding carboxylic acids is 1. The highest BCUT2D eigenvalue weighted by molar-refractivity contribution is 7.13. The van der Waals surface area contributed by atoms with Gasteiger partial charge in [-0.1, -0.05) is 43.7 Å². The summed E-state index contributed by atoms with van der Waals surface area (Å²) in [6, 6.07) is 10.3. The molecule has 1 fully saturated rings. The van der Waals surface area contributed by atoms with Crippen molar-refractivity contribution in [3.8, 4) is 0 Å². The minimum atomic E-state index is 0.0183. The number of aromatic nitrogens is 1. The second kappa shape index (κ2) is 9.28. The third-order valence-corrected chi connectivity index (χ3v) is 6.03. The topological polar surface area (TPSA) is 45.2 Å². The van der Waals surface area contributed by atoms with Crippen molar-refractivity contribution in [1.29, 1.82) is 0 Å². The molecule has 1 aromatic carbocycles. The third kappa shape index (κ3) is 5.39. The van der Waals surface area contributed by atoms with E-state index in [9.17, 15) is 4.79 Å². The SMILES string of the molecule is Cc1nc(Cc2ccccc2)sc1C(=O)NCC(C)CN1CCCCC1. The Kier molecular flexibility index (Phi) is 6.80. The van der Waals surface area contributed by atoms with Gasteiger partial charge in [-0.15, -0.1) is 11.3 Å². The van der Waals surface area contributed by atoms with Gasteiger partial charge in [0.25, 0.3) is 5.91 Å². The molecule has 1 amide bonds. The summed E-state index contributed by atoms with van der Waals surface area (Å²) >= 11 is 1.52. The minimum Gasteiger partial charge on any atom is -0.351 e. The molecule has 26 heavy (non-hydrogen) atoms. The quantitative estimate of drug-likeness (QED) is 0.803. The molecule has 1 unspecified atom stereocenters. The zero-order chi connectivity index (χ0) is 18.4. The van der Waals surface area contributed by atoms with Crippen molar-refractivity contribution in [2.45, 2.75) is 39.5 Å². The molecule has 0 saturated carbocycles. The van der Waals surface area contributed by atoms with Crippen LogP contribution < -0.4 is 5.32 Å². The Morgan fingerprint density at radius 2 is 1.96 bits per heavy atom. The Hall–Kier alpha value is -1.72. The van der Waals surface area contributed by atoms with Gasteiger partial charge in [-0.25, -0.2) is 4.98 Å². The van der Waals surface area contributed by atoms with Crippen molar-refractivity contribution in [1.82, 2.24) is 15.2 Å². The number of benzene rings is 1. The van der Waals surface area contributed by atoms with Gasteiger partial charge in [0.05, 0.1) is 10.7 Å². The zero-order valence-electron chi connectivity index (χ0n) is 15.8. The molecule has 2 heterocycles. The molecular weight excluding hydrogens is 342 g/mol. The van der Waals surface area contributed by atoms with Crippen LogP contribution in [0.3, 0.4) is 0 Å². The lowest BCUT2D eigenvalue weighted by atomic mass is 10.1. The van der Waals surface area contributed by atoms with Crippen molar-refractivity contribution in [2.24, 2.45) is 5.92 Å². The molecule has 1 aromatic heterocycles. The molecule has 0 radical (unpaired) electrons. The van der Waals surface area contributed by atoms with E-state index in [1.165, 1.54) is 49.3 Å². The highest BCUT2D eigenvalue weighted by Crippen LogP contribution is 2.21. The average molecular weight is 372 g/mol. The second-order valence-corrected chi connectivity index (χ2v) is 8.44. The monoisotopic (exact) mass is 371 g/mol. The Morgan fingerprint density at radius 3 is 2.69 bits per heavy atom. The molecule has 0 spiro atoms. The first-order valence-corrected chi connectivity index (χ1v) is 10.4. The molecule has 1 aliphatic rings. The summed E-state index contributed by atoms with van der Waals surface area (Å²) in [5.74, 6) is 0.485. The Labute approximate surface area is 160 Å². The fourth-order valence-electron chi connectivity index (χ4n) is 3.50. The van der Waals surface area contributed by atoms with Gasteiger partial charge < -0.3 is 10.2 Å². The number of likely N-dealkylation sites (tertiary alicyclic amines) is 1. The summed E-state index contributed by atoms with van der Waals surface area (Å²) in [7, 11) is 0. The van der Waals surface area contributed by atoms with Gasteiger partial charge in [-0.3, -0.25) is 4.79 Å². The minimum absolute atomic E-state index is 0.0183. The molecule has 0 bridgehead atoms. The van der Waals surface area contributed by atoms with Crippen LogP contribution >= 0.6 is 11.3 Å². The van der Waals surface area contributed by atoms with E-state index in [1.54, 1.807) is 0 Å². The Balaban J connectivity index is 1.51. The second-order valence-electron chi connectivity index (χ2n) is 7.36. The van der Waals surface area contributed by atoms with E-state index in [1.807, 2.05) is 25.1 Å². The number of amides is 1. The van der Waals surface area contributed by atoms with Crippen LogP contribution in [-0.2, 0) is 6.42 Å². The number of piperidine rings is 1. The van der Waals surface area contributed by atoms with Crippen LogP contribution in [0.5, 0.6) is 0 Å². The summed E-state index contributed by atoms with van der Waals surface area (Å²) < 4.78 is 0. The van der Waals surface area contributed by atoms with Crippen LogP contribution in [-0.4, -0.2) is 42.0 Å². The van der Waals surface area contributed by atoms with Gasteiger partial charge in [-0.2, -0.15) is 0 Å². The van der Waals surface area contributed by atoms with Crippen LogP contribution in [0.2, 0.25) is 0 Å². The fourth-order valence-corrected chi connectivity index (χ4v) is 4.52. The maximum atomic E-state index is 12.6. The van der Waals surface area contributed by atoms with E-state index in [-0.39, 0.29) is 5.91 Å². The van der Waals surface area contributed by atoms with Gasteiger partial charge in [0.1, 0.15) is 4.88 Å². The fraction of sp³-hybridized carbons (Fsp3) is 0.524. The number of nitrogens with one attached hydrogen (secondary N) is 1. The molecule has 1 N–H and O–H groups in total. The number of carbonyl (C=O) groups is 1. The maximum absolute atomic E-state index is 12.6. The predicted molar refractivity (Wildman–Crippen MR) is 108 cm³/mol. The smallest absolute Gasteiger partial charge is 0.263 e. The average Bonchev–Trinajstić information content (AvgIpc) is 3.01. The van der Waals surface area contributed by atoms with Crippen molar-refractivity contribution in [3.63, 3.8) is 0 Å². The lowest BCUT2D eigenvalue weighted by Gasteiger charge is -2.29. The standard InChI is InChI=1S/C21H29N3OS/c1-16(15-24-11-7-4-8-12-24)14-22-21(25)20-17(2)23-19(26-20)13-18-9-5-3-6-10-18/h3,5-6,9-10,16H,4,7-8,11-15H2,1-2H3,(H,22,25). The first-order chi connectivity index (χ1) is 12.6. The highest BCUT2D eigenvalue weighted by Gasteiger charge is 2.18. The Bertz CT molecular complexity index is 707. The van der Waals surface area contributed by atoms with Crippen molar-refractivity contribution in [3.05, 3.63) is 51.5 Å². The molecule has 1 saturated heterocycles. The Morgan fingerprint density at radius 1 is 1.23 bits per heavy atom. The van der Waals surface area contributed by atoms with Gasteiger partial charge in [0, 0.05) is 19.5 Å². The summed E-state index contributed by atoms with van der Waals surface area (Å²) in [5.41, 5.74) is 2.06. The first kappa shape index (κ1) is 19.1. The van der Waals surface area contributed by atoms with E-state index >= 15 is 0 Å². The number of hydrogen-bond acceptors (Lipinski definition) is 4. The van der Waals surface area contributed by atoms with Crippen LogP contribution in [0.15, 0.2) is 30.3 Å². The summed E-state index contributed by atoms with van der Waals surface area (Å²) in [4.78, 5) is 20.4. The highest BCUT2D eigenvalue weighted by atomic mass is 32.1. The van der Waals surface area contributed by atoms with Crippen LogP contribution in [0.1, 0.15) is 52.1 Å². The van der Waals surface area contributed by atoms with Crippen LogP contribution in [0.25, 0.3) is 0 Å². The molecule has 1 aliphatic heterocycles. The number of thiazole rings is 1. The normalized spacial score (nSPS) is 16.4. The zero-order valence-corrected chi connectivity index (χ0v) is 16.6. The molecule has 4 nitrogen and oxygen atoms in total. The lowest BCUT2D eigenvalue weighted by molar-refractivity contribution is 0.0946. The molecule has 3 rings (SSSR count). The third-order valence-electron chi connectivity index (χ3n) is 4.87. The van der Waals surface area contributed by atoms with E-state index in [0.717, 1.165) is 35.1 Å². The molecule has 2 aromatic rings. The van der Waals surface area contributed by atoms with E-state index in [0.29, 0.717) is 5.92 Å². The molecule has 140 valence electrons. The van der Waals surface area contributed by atoms with E-state index < -0.39 is 0 Å². The van der Waals surface area contributed by atoms with Gasteiger partial charge in [-0.05, 0) is 44.3 Å². The summed E-state index contributed by atoms with van der Waals surface area (Å²) in [5, 5.41) is 4.11. The van der Waals surface area contributed by atoms with E-state index in [4.69, 9.17) is 0 Å². The number of rotatable bonds is 7. The first-order valence-electron chi connectivity index (χ1n) is 9.62. The summed E-state index contributed by atoms with van der Waals surface area (Å²) in [6.45, 7) is 8.35. The van der Waals surface area contributed by atoms with Crippen LogP contribution in [0.4, 0.5) is 0 Å².